The van der Waals surface area contributed by atoms with Gasteiger partial charge in [-0.05, 0) is 39.9 Å². The Morgan fingerprint density at radius 1 is 1.14 bits per heavy atom. The second kappa shape index (κ2) is 7.29. The van der Waals surface area contributed by atoms with Crippen molar-refractivity contribution in [2.45, 2.75) is 31.8 Å². The van der Waals surface area contributed by atoms with Gasteiger partial charge in [-0.1, -0.05) is 0 Å². The number of methoxy groups -OCH3 is 2. The number of likely N-dealkylation sites (tertiary alicyclic amines) is 1. The van der Waals surface area contributed by atoms with Crippen molar-refractivity contribution in [3.8, 4) is 11.5 Å². The van der Waals surface area contributed by atoms with Gasteiger partial charge in [-0.3, -0.25) is 4.90 Å². The average molecular weight is 310 g/mol. The summed E-state index contributed by atoms with van der Waals surface area (Å²) in [6.07, 6.45) is 2.23. The van der Waals surface area contributed by atoms with Gasteiger partial charge in [0, 0.05) is 36.8 Å². The second-order valence-electron chi connectivity index (χ2n) is 6.14. The van der Waals surface area contributed by atoms with Gasteiger partial charge in [0.1, 0.15) is 5.82 Å². The number of rotatable bonds is 5. The van der Waals surface area contributed by atoms with E-state index in [1.807, 2.05) is 0 Å². The first-order chi connectivity index (χ1) is 10.5. The van der Waals surface area contributed by atoms with E-state index in [1.165, 1.54) is 13.2 Å². The standard InChI is InChI=1S/C17H27FN2O2/c1-12(20-8-6-13(7-9-20)19(2)3)14-10-16(21-4)17(22-5)11-15(14)18/h10-13H,6-9H2,1-5H3/t12-/m1/s1. The maximum atomic E-state index is 14.4. The van der Waals surface area contributed by atoms with Gasteiger partial charge in [-0.25, -0.2) is 4.39 Å². The van der Waals surface area contributed by atoms with Crippen molar-refractivity contribution in [3.05, 3.63) is 23.5 Å². The number of ether oxygens (including phenoxy) is 2. The Morgan fingerprint density at radius 3 is 2.18 bits per heavy atom. The topological polar surface area (TPSA) is 24.9 Å². The van der Waals surface area contributed by atoms with E-state index in [-0.39, 0.29) is 11.9 Å². The van der Waals surface area contributed by atoms with Crippen LogP contribution in [0, 0.1) is 5.82 Å². The molecule has 1 aromatic rings. The molecule has 0 radical (unpaired) electrons. The maximum absolute atomic E-state index is 14.4. The summed E-state index contributed by atoms with van der Waals surface area (Å²) >= 11 is 0. The molecule has 1 atom stereocenters. The molecule has 0 saturated carbocycles. The van der Waals surface area contributed by atoms with Crippen molar-refractivity contribution in [2.24, 2.45) is 0 Å². The molecule has 0 N–H and O–H groups in total. The number of hydrogen-bond donors (Lipinski definition) is 0. The van der Waals surface area contributed by atoms with Gasteiger partial charge in [0.05, 0.1) is 14.2 Å². The van der Waals surface area contributed by atoms with E-state index >= 15 is 0 Å². The first kappa shape index (κ1) is 17.0. The van der Waals surface area contributed by atoms with Crippen LogP contribution in [0.15, 0.2) is 12.1 Å². The summed E-state index contributed by atoms with van der Waals surface area (Å²) in [5.74, 6) is 0.774. The van der Waals surface area contributed by atoms with Crippen LogP contribution in [0.2, 0.25) is 0 Å². The summed E-state index contributed by atoms with van der Waals surface area (Å²) in [4.78, 5) is 4.61. The molecule has 0 bridgehead atoms. The monoisotopic (exact) mass is 310 g/mol. The zero-order valence-electron chi connectivity index (χ0n) is 14.2. The van der Waals surface area contributed by atoms with Crippen molar-refractivity contribution >= 4 is 0 Å². The highest BCUT2D eigenvalue weighted by Gasteiger charge is 2.26. The Balaban J connectivity index is 2.14. The van der Waals surface area contributed by atoms with Gasteiger partial charge < -0.3 is 14.4 Å². The van der Waals surface area contributed by atoms with E-state index in [0.29, 0.717) is 23.1 Å². The highest BCUT2D eigenvalue weighted by atomic mass is 19.1. The highest BCUT2D eigenvalue weighted by molar-refractivity contribution is 5.44. The molecular weight excluding hydrogens is 283 g/mol. The number of halogens is 1. The predicted octanol–water partition coefficient (Wildman–Crippen LogP) is 2.93. The molecule has 0 amide bonds. The van der Waals surface area contributed by atoms with E-state index in [0.717, 1.165) is 25.9 Å². The summed E-state index contributed by atoms with van der Waals surface area (Å²) in [5.41, 5.74) is 0.668. The van der Waals surface area contributed by atoms with E-state index in [4.69, 9.17) is 9.47 Å². The molecule has 0 aromatic heterocycles. The summed E-state index contributed by atoms with van der Waals surface area (Å²) in [7, 11) is 7.34. The third-order valence-corrected chi connectivity index (χ3v) is 4.73. The minimum absolute atomic E-state index is 0.0305. The molecule has 2 rings (SSSR count). The van der Waals surface area contributed by atoms with E-state index in [9.17, 15) is 4.39 Å². The molecule has 1 fully saturated rings. The van der Waals surface area contributed by atoms with Crippen LogP contribution in [0.1, 0.15) is 31.4 Å². The molecule has 4 nitrogen and oxygen atoms in total. The third-order valence-electron chi connectivity index (χ3n) is 4.73. The Labute approximate surface area is 132 Å². The minimum atomic E-state index is -0.236. The van der Waals surface area contributed by atoms with Crippen LogP contribution < -0.4 is 9.47 Å². The molecule has 5 heteroatoms. The van der Waals surface area contributed by atoms with Crippen LogP contribution in [0.4, 0.5) is 4.39 Å². The van der Waals surface area contributed by atoms with Gasteiger partial charge in [0.25, 0.3) is 0 Å². The van der Waals surface area contributed by atoms with E-state index < -0.39 is 0 Å². The van der Waals surface area contributed by atoms with Crippen LogP contribution in [0.5, 0.6) is 11.5 Å². The molecule has 0 aliphatic carbocycles. The van der Waals surface area contributed by atoms with Crippen molar-refractivity contribution in [1.29, 1.82) is 0 Å². The molecule has 1 aliphatic heterocycles. The van der Waals surface area contributed by atoms with Gasteiger partial charge in [0.15, 0.2) is 11.5 Å². The Hall–Kier alpha value is -1.33. The summed E-state index contributed by atoms with van der Waals surface area (Å²) in [6.45, 7) is 4.02. The Bertz CT molecular complexity index is 500. The predicted molar refractivity (Wildman–Crippen MR) is 86.2 cm³/mol. The van der Waals surface area contributed by atoms with Crippen LogP contribution in [-0.4, -0.2) is 57.2 Å². The van der Waals surface area contributed by atoms with Gasteiger partial charge >= 0.3 is 0 Å². The highest BCUT2D eigenvalue weighted by Crippen LogP contribution is 2.35. The van der Waals surface area contributed by atoms with Crippen LogP contribution >= 0.6 is 0 Å². The molecule has 1 aliphatic rings. The number of hydrogen-bond acceptors (Lipinski definition) is 4. The molecule has 22 heavy (non-hydrogen) atoms. The molecule has 1 saturated heterocycles. The maximum Gasteiger partial charge on any atom is 0.163 e. The second-order valence-corrected chi connectivity index (χ2v) is 6.14. The zero-order chi connectivity index (χ0) is 16.3. The SMILES string of the molecule is COc1cc(F)c([C@@H](C)N2CCC(N(C)C)CC2)cc1OC. The molecule has 0 spiro atoms. The first-order valence-electron chi connectivity index (χ1n) is 7.79. The third kappa shape index (κ3) is 3.52. The van der Waals surface area contributed by atoms with Crippen molar-refractivity contribution in [2.75, 3.05) is 41.4 Å². The van der Waals surface area contributed by atoms with Gasteiger partial charge in [0.2, 0.25) is 0 Å². The lowest BCUT2D eigenvalue weighted by Gasteiger charge is -2.38. The summed E-state index contributed by atoms with van der Waals surface area (Å²) < 4.78 is 24.8. The number of nitrogens with zero attached hydrogens (tertiary/aromatic N) is 2. The summed E-state index contributed by atoms with van der Waals surface area (Å²) in [5, 5.41) is 0. The molecule has 124 valence electrons. The van der Waals surface area contributed by atoms with Gasteiger partial charge in [-0.15, -0.1) is 0 Å². The van der Waals surface area contributed by atoms with Crippen molar-refractivity contribution in [3.63, 3.8) is 0 Å². The van der Waals surface area contributed by atoms with Crippen molar-refractivity contribution in [1.82, 2.24) is 9.80 Å². The summed E-state index contributed by atoms with van der Waals surface area (Å²) in [6, 6.07) is 3.83. The van der Waals surface area contributed by atoms with E-state index in [1.54, 1.807) is 13.2 Å². The lowest BCUT2D eigenvalue weighted by Crippen LogP contribution is -2.42. The Kier molecular flexibility index (Phi) is 5.64. The minimum Gasteiger partial charge on any atom is -0.493 e. The normalized spacial score (nSPS) is 18.5. The molecule has 1 heterocycles. The molecule has 0 unspecified atom stereocenters. The molecular formula is C17H27FN2O2. The lowest BCUT2D eigenvalue weighted by molar-refractivity contribution is 0.113. The average Bonchev–Trinajstić information content (AvgIpc) is 2.53. The fourth-order valence-electron chi connectivity index (χ4n) is 3.18. The fraction of sp³-hybridized carbons (Fsp3) is 0.647. The number of benzene rings is 1. The zero-order valence-corrected chi connectivity index (χ0v) is 14.2. The fourth-order valence-corrected chi connectivity index (χ4v) is 3.18. The number of piperidine rings is 1. The van der Waals surface area contributed by atoms with E-state index in [2.05, 4.69) is 30.8 Å². The Morgan fingerprint density at radius 2 is 1.68 bits per heavy atom. The largest absolute Gasteiger partial charge is 0.493 e. The first-order valence-corrected chi connectivity index (χ1v) is 7.79. The van der Waals surface area contributed by atoms with Crippen LogP contribution in [0.25, 0.3) is 0 Å². The van der Waals surface area contributed by atoms with Crippen molar-refractivity contribution < 1.29 is 13.9 Å². The molecule has 1 aromatic carbocycles. The van der Waals surface area contributed by atoms with Crippen LogP contribution in [0.3, 0.4) is 0 Å². The quantitative estimate of drug-likeness (QED) is 0.835. The van der Waals surface area contributed by atoms with Gasteiger partial charge in [-0.2, -0.15) is 0 Å². The lowest BCUT2D eigenvalue weighted by atomic mass is 9.99. The smallest absolute Gasteiger partial charge is 0.163 e. The van der Waals surface area contributed by atoms with Crippen LogP contribution in [-0.2, 0) is 0 Å².